The molecule has 0 spiro atoms. The van der Waals surface area contributed by atoms with Gasteiger partial charge < -0.3 is 10.8 Å². The fourth-order valence-electron chi connectivity index (χ4n) is 0.882. The molecule has 0 aliphatic rings. The van der Waals surface area contributed by atoms with Crippen molar-refractivity contribution in [1.29, 1.82) is 0 Å². The molecule has 0 amide bonds. The Labute approximate surface area is 79.0 Å². The molecule has 1 unspecified atom stereocenters. The third-order valence-electron chi connectivity index (χ3n) is 1.50. The molecule has 0 radical (unpaired) electrons. The minimum Gasteiger partial charge on any atom is -0.481 e. The number of thiophene rings is 1. The summed E-state index contributed by atoms with van der Waals surface area (Å²) in [6.07, 6.45) is -0.323. The standard InChI is InChI=1S/C8H9NO3S/c9-5(4-7(10)11)8(12)6-2-1-3-13-6/h1-3,5H,4,9H2,(H,10,11). The third kappa shape index (κ3) is 2.64. The number of carbonyl (C=O) groups is 2. The fraction of sp³-hybridized carbons (Fsp3) is 0.250. The molecule has 1 heterocycles. The number of rotatable bonds is 4. The maximum atomic E-state index is 11.4. The lowest BCUT2D eigenvalue weighted by Crippen LogP contribution is -2.32. The van der Waals surface area contributed by atoms with E-state index in [0.29, 0.717) is 4.88 Å². The lowest BCUT2D eigenvalue weighted by Gasteiger charge is -2.04. The number of carboxylic acid groups (broad SMARTS) is 1. The van der Waals surface area contributed by atoms with Crippen LogP contribution >= 0.6 is 11.3 Å². The molecule has 0 aliphatic carbocycles. The monoisotopic (exact) mass is 199 g/mol. The second kappa shape index (κ2) is 4.15. The Balaban J connectivity index is 2.63. The molecule has 5 heteroatoms. The predicted molar refractivity (Wildman–Crippen MR) is 48.9 cm³/mol. The van der Waals surface area contributed by atoms with Crippen LogP contribution in [0.15, 0.2) is 17.5 Å². The summed E-state index contributed by atoms with van der Waals surface area (Å²) in [6, 6.07) is 2.43. The molecule has 0 saturated carbocycles. The molecule has 1 aromatic rings. The van der Waals surface area contributed by atoms with E-state index in [4.69, 9.17) is 10.8 Å². The number of nitrogens with two attached hydrogens (primary N) is 1. The zero-order chi connectivity index (χ0) is 9.84. The molecule has 4 nitrogen and oxygen atoms in total. The molecule has 1 atom stereocenters. The van der Waals surface area contributed by atoms with Crippen LogP contribution in [-0.2, 0) is 4.79 Å². The van der Waals surface area contributed by atoms with Gasteiger partial charge in [0.05, 0.1) is 17.3 Å². The van der Waals surface area contributed by atoms with E-state index in [2.05, 4.69) is 0 Å². The van der Waals surface area contributed by atoms with Gasteiger partial charge in [-0.3, -0.25) is 9.59 Å². The van der Waals surface area contributed by atoms with E-state index in [0.717, 1.165) is 0 Å². The summed E-state index contributed by atoms with van der Waals surface area (Å²) in [4.78, 5) is 22.1. The van der Waals surface area contributed by atoms with Crippen molar-refractivity contribution in [2.45, 2.75) is 12.5 Å². The Morgan fingerprint density at radius 1 is 1.62 bits per heavy atom. The third-order valence-corrected chi connectivity index (χ3v) is 2.38. The summed E-state index contributed by atoms with van der Waals surface area (Å²) in [5.74, 6) is -1.37. The number of Topliss-reactive ketones (excluding diaryl/α,β-unsaturated/α-hetero) is 1. The molecular formula is C8H9NO3S. The molecule has 0 saturated heterocycles. The van der Waals surface area contributed by atoms with Gasteiger partial charge in [-0.2, -0.15) is 0 Å². The zero-order valence-corrected chi connectivity index (χ0v) is 7.58. The predicted octanol–water partition coefficient (Wildman–Crippen LogP) is 0.733. The largest absolute Gasteiger partial charge is 0.481 e. The van der Waals surface area contributed by atoms with Crippen LogP contribution in [0.5, 0.6) is 0 Å². The molecule has 0 fully saturated rings. The van der Waals surface area contributed by atoms with E-state index in [1.54, 1.807) is 17.5 Å². The molecule has 13 heavy (non-hydrogen) atoms. The topological polar surface area (TPSA) is 80.4 Å². The Hall–Kier alpha value is -1.20. The highest BCUT2D eigenvalue weighted by Crippen LogP contribution is 2.11. The number of hydrogen-bond acceptors (Lipinski definition) is 4. The average Bonchev–Trinajstić information content (AvgIpc) is 2.53. The summed E-state index contributed by atoms with van der Waals surface area (Å²) in [5, 5.41) is 10.2. The van der Waals surface area contributed by atoms with Gasteiger partial charge in [0.15, 0.2) is 5.78 Å². The number of aliphatic carboxylic acids is 1. The quantitative estimate of drug-likeness (QED) is 0.700. The normalized spacial score (nSPS) is 12.4. The number of hydrogen-bond donors (Lipinski definition) is 2. The van der Waals surface area contributed by atoms with Gasteiger partial charge in [-0.05, 0) is 11.4 Å². The van der Waals surface area contributed by atoms with Crippen LogP contribution in [0.2, 0.25) is 0 Å². The minimum absolute atomic E-state index is 0.308. The zero-order valence-electron chi connectivity index (χ0n) is 6.77. The molecule has 70 valence electrons. The Morgan fingerprint density at radius 3 is 2.77 bits per heavy atom. The van der Waals surface area contributed by atoms with Gasteiger partial charge in [-0.1, -0.05) is 6.07 Å². The van der Waals surface area contributed by atoms with Gasteiger partial charge in [0.1, 0.15) is 0 Å². The number of carboxylic acids is 1. The first kappa shape index (κ1) is 9.88. The molecule has 3 N–H and O–H groups in total. The first-order valence-electron chi connectivity index (χ1n) is 3.66. The van der Waals surface area contributed by atoms with E-state index in [1.165, 1.54) is 11.3 Å². The van der Waals surface area contributed by atoms with Crippen LogP contribution in [-0.4, -0.2) is 22.9 Å². The van der Waals surface area contributed by atoms with Gasteiger partial charge in [0.2, 0.25) is 0 Å². The van der Waals surface area contributed by atoms with Crippen molar-refractivity contribution < 1.29 is 14.7 Å². The van der Waals surface area contributed by atoms with E-state index in [-0.39, 0.29) is 12.2 Å². The van der Waals surface area contributed by atoms with E-state index in [1.807, 2.05) is 0 Å². The highest BCUT2D eigenvalue weighted by atomic mass is 32.1. The van der Waals surface area contributed by atoms with Crippen LogP contribution in [0.4, 0.5) is 0 Å². The summed E-state index contributed by atoms with van der Waals surface area (Å²) < 4.78 is 0. The second-order valence-electron chi connectivity index (χ2n) is 2.55. The Bertz CT molecular complexity index is 307. The van der Waals surface area contributed by atoms with Crippen molar-refractivity contribution in [2.75, 3.05) is 0 Å². The maximum absolute atomic E-state index is 11.4. The lowest BCUT2D eigenvalue weighted by molar-refractivity contribution is -0.137. The van der Waals surface area contributed by atoms with Gasteiger partial charge in [-0.25, -0.2) is 0 Å². The lowest BCUT2D eigenvalue weighted by atomic mass is 10.1. The van der Waals surface area contributed by atoms with Gasteiger partial charge in [0.25, 0.3) is 0 Å². The first-order valence-corrected chi connectivity index (χ1v) is 4.54. The van der Waals surface area contributed by atoms with Gasteiger partial charge >= 0.3 is 5.97 Å². The molecule has 0 aliphatic heterocycles. The van der Waals surface area contributed by atoms with Gasteiger partial charge in [0, 0.05) is 0 Å². The summed E-state index contributed by atoms with van der Waals surface area (Å²) >= 11 is 1.26. The minimum atomic E-state index is -1.06. The summed E-state index contributed by atoms with van der Waals surface area (Å²) in [6.45, 7) is 0. The summed E-state index contributed by atoms with van der Waals surface area (Å²) in [5.41, 5.74) is 5.39. The van der Waals surface area contributed by atoms with Crippen LogP contribution in [0.1, 0.15) is 16.1 Å². The number of carbonyl (C=O) groups excluding carboxylic acids is 1. The van der Waals surface area contributed by atoms with E-state index < -0.39 is 12.0 Å². The van der Waals surface area contributed by atoms with E-state index in [9.17, 15) is 9.59 Å². The van der Waals surface area contributed by atoms with Crippen molar-refractivity contribution >= 4 is 23.1 Å². The van der Waals surface area contributed by atoms with Crippen molar-refractivity contribution in [3.8, 4) is 0 Å². The smallest absolute Gasteiger partial charge is 0.305 e. The van der Waals surface area contributed by atoms with Crippen LogP contribution in [0.3, 0.4) is 0 Å². The van der Waals surface area contributed by atoms with Crippen molar-refractivity contribution in [2.24, 2.45) is 5.73 Å². The van der Waals surface area contributed by atoms with Crippen LogP contribution in [0.25, 0.3) is 0 Å². The molecule has 1 rings (SSSR count). The highest BCUT2D eigenvalue weighted by molar-refractivity contribution is 7.12. The fourth-order valence-corrected chi connectivity index (χ4v) is 1.61. The highest BCUT2D eigenvalue weighted by Gasteiger charge is 2.18. The molecule has 1 aromatic heterocycles. The van der Waals surface area contributed by atoms with Crippen LogP contribution < -0.4 is 5.73 Å². The van der Waals surface area contributed by atoms with E-state index >= 15 is 0 Å². The van der Waals surface area contributed by atoms with Crippen molar-refractivity contribution in [3.63, 3.8) is 0 Å². The second-order valence-corrected chi connectivity index (χ2v) is 3.49. The van der Waals surface area contributed by atoms with Gasteiger partial charge in [-0.15, -0.1) is 11.3 Å². The van der Waals surface area contributed by atoms with Crippen molar-refractivity contribution in [3.05, 3.63) is 22.4 Å². The number of ketones is 1. The van der Waals surface area contributed by atoms with Crippen LogP contribution in [0, 0.1) is 0 Å². The molecule has 0 bridgehead atoms. The maximum Gasteiger partial charge on any atom is 0.305 e. The Kier molecular flexibility index (Phi) is 3.16. The van der Waals surface area contributed by atoms with Crippen molar-refractivity contribution in [1.82, 2.24) is 0 Å². The first-order chi connectivity index (χ1) is 6.11. The SMILES string of the molecule is NC(CC(=O)O)C(=O)c1cccs1. The average molecular weight is 199 g/mol. The Morgan fingerprint density at radius 2 is 2.31 bits per heavy atom. The molecular weight excluding hydrogens is 190 g/mol. The summed E-state index contributed by atoms with van der Waals surface area (Å²) in [7, 11) is 0. The molecule has 0 aromatic carbocycles.